The number of benzene rings is 2. The minimum atomic E-state index is -0.503. The lowest BCUT2D eigenvalue weighted by Gasteiger charge is -1.98. The SMILES string of the molecule is O=C(Cn1nnc(-c2ccccc2)n1)NN=Cc1cccc([N+](=O)[O-])c1. The molecule has 130 valence electrons. The first-order valence-electron chi connectivity index (χ1n) is 7.51. The van der Waals surface area contributed by atoms with E-state index in [1.54, 1.807) is 6.07 Å². The van der Waals surface area contributed by atoms with Gasteiger partial charge >= 0.3 is 0 Å². The molecule has 26 heavy (non-hydrogen) atoms. The number of nitro benzene ring substituents is 1. The number of rotatable bonds is 6. The Kier molecular flexibility index (Phi) is 5.03. The third kappa shape index (κ3) is 4.32. The van der Waals surface area contributed by atoms with Gasteiger partial charge in [0.25, 0.3) is 11.6 Å². The van der Waals surface area contributed by atoms with Gasteiger partial charge in [0, 0.05) is 23.3 Å². The van der Waals surface area contributed by atoms with Crippen molar-refractivity contribution in [2.75, 3.05) is 0 Å². The molecular formula is C16H13N7O3. The lowest BCUT2D eigenvalue weighted by atomic mass is 10.2. The summed E-state index contributed by atoms with van der Waals surface area (Å²) in [4.78, 5) is 23.2. The first-order chi connectivity index (χ1) is 12.6. The van der Waals surface area contributed by atoms with E-state index >= 15 is 0 Å². The summed E-state index contributed by atoms with van der Waals surface area (Å²) in [6.45, 7) is -0.161. The second kappa shape index (κ2) is 7.75. The summed E-state index contributed by atoms with van der Waals surface area (Å²) in [5.74, 6) is -0.0396. The average Bonchev–Trinajstić information content (AvgIpc) is 3.11. The fourth-order valence-electron chi connectivity index (χ4n) is 2.07. The predicted octanol–water partition coefficient (Wildman–Crippen LogP) is 1.40. The molecule has 10 heteroatoms. The van der Waals surface area contributed by atoms with Gasteiger partial charge in [0.1, 0.15) is 6.54 Å². The van der Waals surface area contributed by atoms with Crippen LogP contribution in [0.2, 0.25) is 0 Å². The number of non-ortho nitro benzene ring substituents is 1. The highest BCUT2D eigenvalue weighted by atomic mass is 16.6. The predicted molar refractivity (Wildman–Crippen MR) is 92.1 cm³/mol. The molecule has 1 amide bonds. The summed E-state index contributed by atoms with van der Waals surface area (Å²) >= 11 is 0. The number of hydrazone groups is 1. The van der Waals surface area contributed by atoms with Gasteiger partial charge in [-0.3, -0.25) is 14.9 Å². The van der Waals surface area contributed by atoms with Gasteiger partial charge in [-0.25, -0.2) is 5.43 Å². The Hall–Kier alpha value is -3.95. The maximum absolute atomic E-state index is 11.9. The Bertz CT molecular complexity index is 953. The van der Waals surface area contributed by atoms with Crippen LogP contribution in [-0.2, 0) is 11.3 Å². The molecule has 0 radical (unpaired) electrons. The standard InChI is InChI=1S/C16H13N7O3/c24-15(18-17-10-12-5-4-8-14(9-12)23(25)26)11-22-20-16(19-21-22)13-6-2-1-3-7-13/h1-10H,11H2,(H,18,24). The maximum atomic E-state index is 11.9. The molecule has 3 aromatic rings. The van der Waals surface area contributed by atoms with Crippen LogP contribution in [-0.4, -0.2) is 37.3 Å². The average molecular weight is 351 g/mol. The van der Waals surface area contributed by atoms with Crippen molar-refractivity contribution in [2.45, 2.75) is 6.54 Å². The van der Waals surface area contributed by atoms with Gasteiger partial charge in [-0.2, -0.15) is 9.90 Å². The topological polar surface area (TPSA) is 128 Å². The van der Waals surface area contributed by atoms with Crippen molar-refractivity contribution in [3.8, 4) is 11.4 Å². The lowest BCUT2D eigenvalue weighted by molar-refractivity contribution is -0.384. The Morgan fingerprint density at radius 1 is 1.23 bits per heavy atom. The Labute approximate surface area is 147 Å². The minimum absolute atomic E-state index is 0.0551. The lowest BCUT2D eigenvalue weighted by Crippen LogP contribution is -2.24. The molecule has 0 atom stereocenters. The third-order valence-corrected chi connectivity index (χ3v) is 3.25. The second-order valence-electron chi connectivity index (χ2n) is 5.15. The zero-order valence-corrected chi connectivity index (χ0v) is 13.4. The van der Waals surface area contributed by atoms with Crippen molar-refractivity contribution in [3.63, 3.8) is 0 Å². The highest BCUT2D eigenvalue weighted by Crippen LogP contribution is 2.12. The zero-order chi connectivity index (χ0) is 18.4. The first-order valence-corrected chi connectivity index (χ1v) is 7.51. The number of nitrogens with one attached hydrogen (secondary N) is 1. The molecule has 10 nitrogen and oxygen atoms in total. The van der Waals surface area contributed by atoms with E-state index in [4.69, 9.17) is 0 Å². The van der Waals surface area contributed by atoms with Gasteiger partial charge in [0.05, 0.1) is 11.1 Å². The van der Waals surface area contributed by atoms with Crippen molar-refractivity contribution in [1.29, 1.82) is 0 Å². The van der Waals surface area contributed by atoms with Crippen LogP contribution in [0.15, 0.2) is 59.7 Å². The van der Waals surface area contributed by atoms with Gasteiger partial charge in [0.15, 0.2) is 0 Å². The molecule has 0 fully saturated rings. The van der Waals surface area contributed by atoms with Gasteiger partial charge < -0.3 is 0 Å². The van der Waals surface area contributed by atoms with Gasteiger partial charge in [-0.15, -0.1) is 10.2 Å². The fourth-order valence-corrected chi connectivity index (χ4v) is 2.07. The Morgan fingerprint density at radius 2 is 2.04 bits per heavy atom. The van der Waals surface area contributed by atoms with Crippen LogP contribution in [0.3, 0.4) is 0 Å². The van der Waals surface area contributed by atoms with Crippen LogP contribution < -0.4 is 5.43 Å². The highest BCUT2D eigenvalue weighted by Gasteiger charge is 2.08. The summed E-state index contributed by atoms with van der Waals surface area (Å²) in [5, 5.41) is 26.3. The van der Waals surface area contributed by atoms with Crippen LogP contribution in [0, 0.1) is 10.1 Å². The second-order valence-corrected chi connectivity index (χ2v) is 5.15. The van der Waals surface area contributed by atoms with E-state index in [1.165, 1.54) is 24.4 Å². The minimum Gasteiger partial charge on any atom is -0.271 e. The van der Waals surface area contributed by atoms with Crippen LogP contribution >= 0.6 is 0 Å². The fraction of sp³-hybridized carbons (Fsp3) is 0.0625. The molecule has 0 saturated heterocycles. The maximum Gasteiger partial charge on any atom is 0.270 e. The van der Waals surface area contributed by atoms with Crippen molar-refractivity contribution in [2.24, 2.45) is 5.10 Å². The van der Waals surface area contributed by atoms with E-state index in [0.29, 0.717) is 11.4 Å². The Balaban J connectivity index is 1.57. The highest BCUT2D eigenvalue weighted by molar-refractivity contribution is 5.83. The van der Waals surface area contributed by atoms with Crippen molar-refractivity contribution in [3.05, 3.63) is 70.3 Å². The third-order valence-electron chi connectivity index (χ3n) is 3.25. The first kappa shape index (κ1) is 16.9. The summed E-state index contributed by atoms with van der Waals surface area (Å²) in [6.07, 6.45) is 1.31. The van der Waals surface area contributed by atoms with E-state index in [1.807, 2.05) is 30.3 Å². The molecule has 0 bridgehead atoms. The number of carbonyl (C=O) groups excluding carboxylic acids is 1. The summed E-state index contributed by atoms with van der Waals surface area (Å²) in [5.41, 5.74) is 3.54. The largest absolute Gasteiger partial charge is 0.271 e. The van der Waals surface area contributed by atoms with E-state index in [2.05, 4.69) is 25.9 Å². The smallest absolute Gasteiger partial charge is 0.270 e. The molecular weight excluding hydrogens is 338 g/mol. The number of aromatic nitrogens is 4. The quantitative estimate of drug-likeness (QED) is 0.406. The molecule has 1 aromatic heterocycles. The van der Waals surface area contributed by atoms with Gasteiger partial charge in [-0.1, -0.05) is 42.5 Å². The molecule has 1 N–H and O–H groups in total. The number of tetrazole rings is 1. The molecule has 2 aromatic carbocycles. The molecule has 0 saturated carbocycles. The molecule has 0 spiro atoms. The normalized spacial score (nSPS) is 10.8. The summed E-state index contributed by atoms with van der Waals surface area (Å²) in [6, 6.07) is 15.1. The molecule has 1 heterocycles. The monoisotopic (exact) mass is 351 g/mol. The van der Waals surface area contributed by atoms with Crippen molar-refractivity contribution >= 4 is 17.8 Å². The van der Waals surface area contributed by atoms with Crippen LogP contribution in [0.4, 0.5) is 5.69 Å². The summed E-state index contributed by atoms with van der Waals surface area (Å²) < 4.78 is 0. The summed E-state index contributed by atoms with van der Waals surface area (Å²) in [7, 11) is 0. The van der Waals surface area contributed by atoms with Crippen LogP contribution in [0.5, 0.6) is 0 Å². The number of hydrogen-bond acceptors (Lipinski definition) is 7. The molecule has 0 unspecified atom stereocenters. The molecule has 0 aliphatic carbocycles. The molecule has 0 aliphatic rings. The Morgan fingerprint density at radius 3 is 2.81 bits per heavy atom. The van der Waals surface area contributed by atoms with Crippen molar-refractivity contribution in [1.82, 2.24) is 25.6 Å². The van der Waals surface area contributed by atoms with Crippen LogP contribution in [0.25, 0.3) is 11.4 Å². The number of hydrogen-bond donors (Lipinski definition) is 1. The number of nitrogens with zero attached hydrogens (tertiary/aromatic N) is 6. The van der Waals surface area contributed by atoms with Crippen LogP contribution in [0.1, 0.15) is 5.56 Å². The number of carbonyl (C=O) groups is 1. The van der Waals surface area contributed by atoms with E-state index in [0.717, 1.165) is 10.4 Å². The van der Waals surface area contributed by atoms with Crippen molar-refractivity contribution < 1.29 is 9.72 Å². The number of nitro groups is 1. The van der Waals surface area contributed by atoms with Gasteiger partial charge in [0.2, 0.25) is 5.82 Å². The number of amides is 1. The van der Waals surface area contributed by atoms with E-state index in [-0.39, 0.29) is 12.2 Å². The van der Waals surface area contributed by atoms with E-state index in [9.17, 15) is 14.9 Å². The van der Waals surface area contributed by atoms with E-state index < -0.39 is 10.8 Å². The zero-order valence-electron chi connectivity index (χ0n) is 13.4. The molecule has 3 rings (SSSR count). The van der Waals surface area contributed by atoms with Gasteiger partial charge in [-0.05, 0) is 5.21 Å². The molecule has 0 aliphatic heterocycles.